The van der Waals surface area contributed by atoms with Gasteiger partial charge in [0.15, 0.2) is 11.5 Å². The van der Waals surface area contributed by atoms with E-state index < -0.39 is 28.5 Å². The maximum absolute atomic E-state index is 14.3. The van der Waals surface area contributed by atoms with Gasteiger partial charge in [0.2, 0.25) is 21.8 Å². The summed E-state index contributed by atoms with van der Waals surface area (Å²) >= 11 is 0. The van der Waals surface area contributed by atoms with Crippen molar-refractivity contribution in [2.45, 2.75) is 59.2 Å². The molecule has 0 bridgehead atoms. The number of anilines is 1. The third-order valence-corrected chi connectivity index (χ3v) is 9.28. The van der Waals surface area contributed by atoms with Gasteiger partial charge in [0.05, 0.1) is 11.4 Å². The first-order valence-corrected chi connectivity index (χ1v) is 16.3. The van der Waals surface area contributed by atoms with Crippen molar-refractivity contribution in [3.05, 3.63) is 89.5 Å². The molecule has 2 atom stereocenters. The summed E-state index contributed by atoms with van der Waals surface area (Å²) in [4.78, 5) is 29.6. The Morgan fingerprint density at radius 1 is 0.907 bits per heavy atom. The minimum absolute atomic E-state index is 0.100. The molecule has 2 amide bonds. The van der Waals surface area contributed by atoms with Gasteiger partial charge in [-0.25, -0.2) is 8.42 Å². The molecule has 9 nitrogen and oxygen atoms in total. The quantitative estimate of drug-likeness (QED) is 0.307. The molecule has 10 heteroatoms. The highest BCUT2D eigenvalue weighted by molar-refractivity contribution is 7.92. The molecule has 3 aromatic carbocycles. The molecule has 0 radical (unpaired) electrons. The van der Waals surface area contributed by atoms with Gasteiger partial charge in [-0.15, -0.1) is 0 Å². The van der Waals surface area contributed by atoms with E-state index in [-0.39, 0.29) is 30.7 Å². The SMILES string of the molecule is CC[C@@H](C)NC(=O)[C@@H](Cc1ccccc1)N(Cc1ccc(C)cc1)C(=O)CN(c1ccc2c(c1)OCCO2)S(=O)(=O)CC. The van der Waals surface area contributed by atoms with Crippen molar-refractivity contribution in [1.82, 2.24) is 10.2 Å². The lowest BCUT2D eigenvalue weighted by Gasteiger charge is -2.34. The second kappa shape index (κ2) is 14.4. The fourth-order valence-corrected chi connectivity index (χ4v) is 5.85. The van der Waals surface area contributed by atoms with Crippen LogP contribution in [0, 0.1) is 6.92 Å². The van der Waals surface area contributed by atoms with Gasteiger partial charge in [-0.05, 0) is 50.5 Å². The molecule has 43 heavy (non-hydrogen) atoms. The molecule has 0 fully saturated rings. The van der Waals surface area contributed by atoms with E-state index in [1.165, 1.54) is 11.8 Å². The van der Waals surface area contributed by atoms with Crippen LogP contribution in [-0.4, -0.2) is 62.7 Å². The third-order valence-electron chi connectivity index (χ3n) is 7.54. The van der Waals surface area contributed by atoms with Crippen molar-refractivity contribution >= 4 is 27.5 Å². The number of benzene rings is 3. The molecule has 1 aliphatic heterocycles. The summed E-state index contributed by atoms with van der Waals surface area (Å²) in [5, 5.41) is 3.05. The first-order chi connectivity index (χ1) is 20.6. The summed E-state index contributed by atoms with van der Waals surface area (Å²) in [6.45, 7) is 7.80. The first-order valence-electron chi connectivity index (χ1n) is 14.7. The average Bonchev–Trinajstić information content (AvgIpc) is 3.02. The van der Waals surface area contributed by atoms with Crippen molar-refractivity contribution in [3.8, 4) is 11.5 Å². The van der Waals surface area contributed by atoms with E-state index in [1.54, 1.807) is 18.2 Å². The molecule has 0 aromatic heterocycles. The fourth-order valence-electron chi connectivity index (χ4n) is 4.79. The predicted octanol–water partition coefficient (Wildman–Crippen LogP) is 4.48. The number of aryl methyl sites for hydroxylation is 1. The van der Waals surface area contributed by atoms with E-state index >= 15 is 0 Å². The normalized spacial score (nSPS) is 14.0. The van der Waals surface area contributed by atoms with Crippen LogP contribution in [-0.2, 0) is 32.6 Å². The molecule has 3 aromatic rings. The lowest BCUT2D eigenvalue weighted by molar-refractivity contribution is -0.140. The number of amides is 2. The van der Waals surface area contributed by atoms with E-state index in [0.717, 1.165) is 27.4 Å². The third kappa shape index (κ3) is 8.28. The Balaban J connectivity index is 1.75. The molecule has 0 unspecified atom stereocenters. The molecule has 0 saturated carbocycles. The number of hydrogen-bond donors (Lipinski definition) is 1. The summed E-state index contributed by atoms with van der Waals surface area (Å²) in [6, 6.07) is 21.1. The second-order valence-electron chi connectivity index (χ2n) is 10.8. The maximum atomic E-state index is 14.3. The van der Waals surface area contributed by atoms with Crippen LogP contribution in [0.1, 0.15) is 43.9 Å². The van der Waals surface area contributed by atoms with E-state index in [2.05, 4.69) is 5.32 Å². The fraction of sp³-hybridized carbons (Fsp3) is 0.394. The van der Waals surface area contributed by atoms with Crippen molar-refractivity contribution in [3.63, 3.8) is 0 Å². The zero-order chi connectivity index (χ0) is 31.0. The molecule has 0 aliphatic carbocycles. The molecule has 1 aliphatic rings. The van der Waals surface area contributed by atoms with Gasteiger partial charge in [-0.3, -0.25) is 13.9 Å². The van der Waals surface area contributed by atoms with Crippen molar-refractivity contribution in [2.24, 2.45) is 0 Å². The van der Waals surface area contributed by atoms with Crippen LogP contribution in [0.4, 0.5) is 5.69 Å². The van der Waals surface area contributed by atoms with Crippen molar-refractivity contribution in [2.75, 3.05) is 29.8 Å². The molecule has 4 rings (SSSR count). The van der Waals surface area contributed by atoms with Crippen LogP contribution in [0.3, 0.4) is 0 Å². The number of sulfonamides is 1. The average molecular weight is 608 g/mol. The molecule has 0 saturated heterocycles. The van der Waals surface area contributed by atoms with Gasteiger partial charge in [-0.1, -0.05) is 67.1 Å². The Morgan fingerprint density at radius 3 is 2.23 bits per heavy atom. The number of nitrogens with zero attached hydrogens (tertiary/aromatic N) is 2. The van der Waals surface area contributed by atoms with Crippen molar-refractivity contribution < 1.29 is 27.5 Å². The van der Waals surface area contributed by atoms with Crippen LogP contribution >= 0.6 is 0 Å². The molecular formula is C33H41N3O6S. The number of nitrogens with one attached hydrogen (secondary N) is 1. The summed E-state index contributed by atoms with van der Waals surface area (Å²) < 4.78 is 39.2. The number of carbonyl (C=O) groups excluding carboxylic acids is 2. The molecule has 230 valence electrons. The standard InChI is InChI=1S/C33H41N3O6S/c1-5-25(4)34-33(38)29(20-26-10-8-7-9-11-26)35(22-27-14-12-24(3)13-15-27)32(37)23-36(43(39,40)6-2)28-16-17-30-31(21-28)42-19-18-41-30/h7-17,21,25,29H,5-6,18-20,22-23H2,1-4H3,(H,34,38)/t25-,29-/m1/s1. The smallest absolute Gasteiger partial charge is 0.244 e. The number of ether oxygens (including phenoxy) is 2. The lowest BCUT2D eigenvalue weighted by atomic mass is 10.0. The van der Waals surface area contributed by atoms with Crippen LogP contribution in [0.2, 0.25) is 0 Å². The predicted molar refractivity (Wildman–Crippen MR) is 168 cm³/mol. The van der Waals surface area contributed by atoms with Crippen LogP contribution < -0.4 is 19.1 Å². The van der Waals surface area contributed by atoms with E-state index in [1.807, 2.05) is 75.4 Å². The topological polar surface area (TPSA) is 105 Å². The zero-order valence-corrected chi connectivity index (χ0v) is 26.1. The summed E-state index contributed by atoms with van der Waals surface area (Å²) in [5.41, 5.74) is 3.07. The Bertz CT molecular complexity index is 1490. The van der Waals surface area contributed by atoms with Gasteiger partial charge in [0.25, 0.3) is 0 Å². The maximum Gasteiger partial charge on any atom is 0.244 e. The highest BCUT2D eigenvalue weighted by atomic mass is 32.2. The number of hydrogen-bond acceptors (Lipinski definition) is 6. The monoisotopic (exact) mass is 607 g/mol. The van der Waals surface area contributed by atoms with E-state index in [4.69, 9.17) is 9.47 Å². The summed E-state index contributed by atoms with van der Waals surface area (Å²) in [5.74, 6) is -0.0652. The Hall–Kier alpha value is -4.05. The number of carbonyl (C=O) groups is 2. The zero-order valence-electron chi connectivity index (χ0n) is 25.3. The Labute approximate surface area is 254 Å². The van der Waals surface area contributed by atoms with Gasteiger partial charge in [0, 0.05) is 25.1 Å². The number of rotatable bonds is 13. The minimum Gasteiger partial charge on any atom is -0.486 e. The van der Waals surface area contributed by atoms with Gasteiger partial charge in [-0.2, -0.15) is 0 Å². The Kier molecular flexibility index (Phi) is 10.7. The molecule has 1 heterocycles. The highest BCUT2D eigenvalue weighted by Crippen LogP contribution is 2.35. The summed E-state index contributed by atoms with van der Waals surface area (Å²) in [7, 11) is -3.89. The van der Waals surface area contributed by atoms with E-state index in [9.17, 15) is 18.0 Å². The molecule has 1 N–H and O–H groups in total. The van der Waals surface area contributed by atoms with Gasteiger partial charge < -0.3 is 19.7 Å². The largest absolute Gasteiger partial charge is 0.486 e. The highest BCUT2D eigenvalue weighted by Gasteiger charge is 2.34. The lowest BCUT2D eigenvalue weighted by Crippen LogP contribution is -2.54. The molecule has 0 spiro atoms. The van der Waals surface area contributed by atoms with Crippen LogP contribution in [0.25, 0.3) is 0 Å². The van der Waals surface area contributed by atoms with Gasteiger partial charge in [0.1, 0.15) is 25.8 Å². The number of fused-ring (bicyclic) bond motifs is 1. The molecular weight excluding hydrogens is 566 g/mol. The van der Waals surface area contributed by atoms with Crippen LogP contribution in [0.5, 0.6) is 11.5 Å². The first kappa shape index (κ1) is 31.9. The van der Waals surface area contributed by atoms with E-state index in [0.29, 0.717) is 30.4 Å². The Morgan fingerprint density at radius 2 is 1.58 bits per heavy atom. The van der Waals surface area contributed by atoms with Crippen LogP contribution in [0.15, 0.2) is 72.8 Å². The minimum atomic E-state index is -3.89. The summed E-state index contributed by atoms with van der Waals surface area (Å²) in [6.07, 6.45) is 0.994. The van der Waals surface area contributed by atoms with Crippen molar-refractivity contribution in [1.29, 1.82) is 0 Å². The van der Waals surface area contributed by atoms with Gasteiger partial charge >= 0.3 is 0 Å². The second-order valence-corrected chi connectivity index (χ2v) is 12.9.